The molecule has 0 bridgehead atoms. The van der Waals surface area contributed by atoms with E-state index in [1.165, 1.54) is 12.0 Å². The molecule has 1 saturated heterocycles. The van der Waals surface area contributed by atoms with Gasteiger partial charge in [0.2, 0.25) is 0 Å². The zero-order valence-electron chi connectivity index (χ0n) is 8.62. The van der Waals surface area contributed by atoms with Crippen molar-refractivity contribution in [1.82, 2.24) is 0 Å². The normalized spacial score (nSPS) is 21.3. The fraction of sp³-hybridized carbons (Fsp3) is 0.500. The molecule has 0 unspecified atom stereocenters. The van der Waals surface area contributed by atoms with Crippen LogP contribution in [-0.2, 0) is 10.1 Å². The lowest BCUT2D eigenvalue weighted by Gasteiger charge is -2.24. The molecule has 82 valence electrons. The van der Waals surface area contributed by atoms with E-state index in [4.69, 9.17) is 9.47 Å². The number of hydrogen-bond donors (Lipinski definition) is 0. The molecule has 1 aromatic rings. The number of hydrogen-bond acceptors (Lipinski definition) is 2. The smallest absolute Gasteiger partial charge is 0.199 e. The second-order valence-electron chi connectivity index (χ2n) is 3.66. The lowest BCUT2D eigenvalue weighted by molar-refractivity contribution is -0.106. The summed E-state index contributed by atoms with van der Waals surface area (Å²) in [5.41, 5.74) is 1.17. The van der Waals surface area contributed by atoms with E-state index in [1.807, 2.05) is 18.2 Å². The fourth-order valence-corrected chi connectivity index (χ4v) is 2.14. The van der Waals surface area contributed by atoms with Gasteiger partial charge < -0.3 is 9.47 Å². The van der Waals surface area contributed by atoms with Gasteiger partial charge in [0.1, 0.15) is 5.75 Å². The molecule has 1 atom stereocenters. The summed E-state index contributed by atoms with van der Waals surface area (Å²) in [5, 5.41) is 0.815. The van der Waals surface area contributed by atoms with E-state index in [0.717, 1.165) is 30.5 Å². The topological polar surface area (TPSA) is 18.5 Å². The monoisotopic (exact) mass is 270 g/mol. The zero-order chi connectivity index (χ0) is 10.5. The van der Waals surface area contributed by atoms with Crippen LogP contribution in [0.15, 0.2) is 24.3 Å². The molecule has 0 N–H and O–H groups in total. The average molecular weight is 271 g/mol. The zero-order valence-corrected chi connectivity index (χ0v) is 10.2. The number of halogens is 1. The Bertz CT molecular complexity index is 308. The Morgan fingerprint density at radius 2 is 2.20 bits per heavy atom. The highest BCUT2D eigenvalue weighted by Crippen LogP contribution is 2.24. The van der Waals surface area contributed by atoms with E-state index < -0.39 is 0 Å². The van der Waals surface area contributed by atoms with E-state index in [0.29, 0.717) is 0 Å². The first-order chi connectivity index (χ1) is 7.40. The Hall–Kier alpha value is -0.540. The molecule has 1 fully saturated rings. The lowest BCUT2D eigenvalue weighted by Crippen LogP contribution is -2.25. The van der Waals surface area contributed by atoms with Crippen LogP contribution < -0.4 is 4.74 Å². The van der Waals surface area contributed by atoms with Gasteiger partial charge in [-0.2, -0.15) is 0 Å². The van der Waals surface area contributed by atoms with Gasteiger partial charge in [0, 0.05) is 17.3 Å². The van der Waals surface area contributed by atoms with Crippen LogP contribution in [0.1, 0.15) is 24.8 Å². The third-order valence-corrected chi connectivity index (χ3v) is 3.12. The second-order valence-corrected chi connectivity index (χ2v) is 4.22. The van der Waals surface area contributed by atoms with Crippen molar-refractivity contribution in [2.45, 2.75) is 30.9 Å². The highest BCUT2D eigenvalue weighted by atomic mass is 79.9. The van der Waals surface area contributed by atoms with Gasteiger partial charge in [-0.25, -0.2) is 0 Å². The van der Waals surface area contributed by atoms with E-state index >= 15 is 0 Å². The van der Waals surface area contributed by atoms with Crippen molar-refractivity contribution in [2.75, 3.05) is 6.61 Å². The summed E-state index contributed by atoms with van der Waals surface area (Å²) in [6.07, 6.45) is 3.29. The minimum Gasteiger partial charge on any atom is -0.465 e. The molecule has 1 aliphatic heterocycles. The highest BCUT2D eigenvalue weighted by Gasteiger charge is 2.16. The molecule has 2 rings (SSSR count). The van der Waals surface area contributed by atoms with Crippen LogP contribution in [0.5, 0.6) is 5.75 Å². The molecule has 0 aliphatic carbocycles. The maximum Gasteiger partial charge on any atom is 0.199 e. The summed E-state index contributed by atoms with van der Waals surface area (Å²) in [6.45, 7) is 0.821. The summed E-state index contributed by atoms with van der Waals surface area (Å²) < 4.78 is 11.4. The predicted octanol–water partition coefficient (Wildman–Crippen LogP) is 3.49. The molecule has 0 aromatic heterocycles. The maximum absolute atomic E-state index is 5.83. The Balaban J connectivity index is 2.02. The Morgan fingerprint density at radius 3 is 2.93 bits per heavy atom. The van der Waals surface area contributed by atoms with Crippen LogP contribution in [0.4, 0.5) is 0 Å². The van der Waals surface area contributed by atoms with E-state index in [1.54, 1.807) is 0 Å². The summed E-state index contributed by atoms with van der Waals surface area (Å²) in [4.78, 5) is 0. The number of para-hydroxylation sites is 1. The maximum atomic E-state index is 5.83. The van der Waals surface area contributed by atoms with Crippen LogP contribution in [0, 0.1) is 0 Å². The van der Waals surface area contributed by atoms with E-state index in [2.05, 4.69) is 22.0 Å². The third kappa shape index (κ3) is 2.95. The van der Waals surface area contributed by atoms with Crippen LogP contribution in [0.2, 0.25) is 0 Å². The molecule has 2 nitrogen and oxygen atoms in total. The van der Waals surface area contributed by atoms with Gasteiger partial charge in [-0.3, -0.25) is 0 Å². The lowest BCUT2D eigenvalue weighted by atomic mass is 10.2. The molecule has 3 heteroatoms. The van der Waals surface area contributed by atoms with Crippen LogP contribution in [0.3, 0.4) is 0 Å². The summed E-state index contributed by atoms with van der Waals surface area (Å²) in [7, 11) is 0. The first-order valence-electron chi connectivity index (χ1n) is 5.32. The Labute approximate surface area is 98.7 Å². The molecule has 0 radical (unpaired) electrons. The molecule has 0 amide bonds. The van der Waals surface area contributed by atoms with Crippen molar-refractivity contribution in [1.29, 1.82) is 0 Å². The summed E-state index contributed by atoms with van der Waals surface area (Å²) >= 11 is 3.45. The van der Waals surface area contributed by atoms with Crippen molar-refractivity contribution in [3.8, 4) is 5.75 Å². The number of benzene rings is 1. The third-order valence-electron chi connectivity index (χ3n) is 2.51. The van der Waals surface area contributed by atoms with Gasteiger partial charge in [0.05, 0.1) is 6.61 Å². The van der Waals surface area contributed by atoms with Crippen LogP contribution in [-0.4, -0.2) is 12.9 Å². The Morgan fingerprint density at radius 1 is 1.33 bits per heavy atom. The SMILES string of the molecule is BrCc1ccccc1O[C@@H]1CCCCO1. The highest BCUT2D eigenvalue weighted by molar-refractivity contribution is 9.08. The van der Waals surface area contributed by atoms with Crippen molar-refractivity contribution in [3.05, 3.63) is 29.8 Å². The minimum absolute atomic E-state index is 0.0565. The van der Waals surface area contributed by atoms with Crippen molar-refractivity contribution in [2.24, 2.45) is 0 Å². The first-order valence-corrected chi connectivity index (χ1v) is 6.44. The van der Waals surface area contributed by atoms with Gasteiger partial charge in [0.25, 0.3) is 0 Å². The fourth-order valence-electron chi connectivity index (χ4n) is 1.67. The summed E-state index contributed by atoms with van der Waals surface area (Å²) in [6, 6.07) is 8.07. The average Bonchev–Trinajstić information content (AvgIpc) is 2.31. The molecular formula is C12H15BrO2. The molecular weight excluding hydrogens is 256 g/mol. The van der Waals surface area contributed by atoms with Gasteiger partial charge in [0.15, 0.2) is 6.29 Å². The van der Waals surface area contributed by atoms with Crippen LogP contribution in [0.25, 0.3) is 0 Å². The standard InChI is InChI=1S/C12H15BrO2/c13-9-10-5-1-2-6-11(10)15-12-7-3-4-8-14-12/h1-2,5-6,12H,3-4,7-9H2/t12-/m1/s1. The van der Waals surface area contributed by atoms with Crippen molar-refractivity contribution < 1.29 is 9.47 Å². The van der Waals surface area contributed by atoms with Crippen molar-refractivity contribution >= 4 is 15.9 Å². The molecule has 0 spiro atoms. The molecule has 1 aliphatic rings. The molecule has 1 heterocycles. The summed E-state index contributed by atoms with van der Waals surface area (Å²) in [5.74, 6) is 0.932. The van der Waals surface area contributed by atoms with Gasteiger partial charge in [-0.1, -0.05) is 34.1 Å². The molecule has 1 aromatic carbocycles. The largest absolute Gasteiger partial charge is 0.465 e. The quantitative estimate of drug-likeness (QED) is 0.783. The Kier molecular flexibility index (Phi) is 4.03. The molecule has 0 saturated carbocycles. The molecule has 15 heavy (non-hydrogen) atoms. The van der Waals surface area contributed by atoms with Crippen molar-refractivity contribution in [3.63, 3.8) is 0 Å². The predicted molar refractivity (Wildman–Crippen MR) is 63.3 cm³/mol. The minimum atomic E-state index is -0.0565. The number of alkyl halides is 1. The first kappa shape index (κ1) is 11.0. The number of ether oxygens (including phenoxy) is 2. The number of rotatable bonds is 3. The van der Waals surface area contributed by atoms with E-state index in [9.17, 15) is 0 Å². The van der Waals surface area contributed by atoms with Gasteiger partial charge in [-0.15, -0.1) is 0 Å². The van der Waals surface area contributed by atoms with E-state index in [-0.39, 0.29) is 6.29 Å². The second kappa shape index (κ2) is 5.52. The van der Waals surface area contributed by atoms with Gasteiger partial charge >= 0.3 is 0 Å². The van der Waals surface area contributed by atoms with Crippen LogP contribution >= 0.6 is 15.9 Å². The van der Waals surface area contributed by atoms with Gasteiger partial charge in [-0.05, 0) is 18.9 Å².